The van der Waals surface area contributed by atoms with E-state index >= 15 is 0 Å². The molecule has 3 aliphatic rings. The minimum absolute atomic E-state index is 0.132. The predicted molar refractivity (Wildman–Crippen MR) is 124 cm³/mol. The van der Waals surface area contributed by atoms with E-state index in [1.807, 2.05) is 40.2 Å². The molecule has 2 N–H and O–H groups in total. The maximum Gasteiger partial charge on any atom is 0.248 e. The third-order valence-corrected chi connectivity index (χ3v) is 7.25. The summed E-state index contributed by atoms with van der Waals surface area (Å²) < 4.78 is 3.45. The van der Waals surface area contributed by atoms with E-state index in [2.05, 4.69) is 20.7 Å². The molecule has 3 heterocycles. The van der Waals surface area contributed by atoms with Crippen LogP contribution in [0.3, 0.4) is 0 Å². The number of nitrogens with zero attached hydrogens (tertiary/aromatic N) is 6. The van der Waals surface area contributed by atoms with E-state index in [4.69, 9.17) is 0 Å². The van der Waals surface area contributed by atoms with Crippen molar-refractivity contribution >= 4 is 11.8 Å². The van der Waals surface area contributed by atoms with Crippen molar-refractivity contribution in [2.45, 2.75) is 89.4 Å². The fraction of sp³-hybridized carbons (Fsp3) is 0.708. The standard InChI is InChI=1S/C24H35N7O3/c1-24(2,3)21(31-13-18(27-28-31)15-7-8-15)23(34)30-12-16(32)9-19(30)22(33)25-11-20-17(14-5-6-14)10-26-29(20)4/h10,13-16,19,21,32H,5-9,11-12H2,1-4H3,(H,25,33)/t16-,19+,21-/m1/s1. The third-order valence-electron chi connectivity index (χ3n) is 7.25. The zero-order chi connectivity index (χ0) is 24.2. The first-order valence-corrected chi connectivity index (χ1v) is 12.3. The molecule has 0 aromatic carbocycles. The van der Waals surface area contributed by atoms with Crippen LogP contribution in [0.15, 0.2) is 12.4 Å². The minimum Gasteiger partial charge on any atom is -0.391 e. The van der Waals surface area contributed by atoms with Crippen LogP contribution in [0.5, 0.6) is 0 Å². The van der Waals surface area contributed by atoms with Gasteiger partial charge < -0.3 is 15.3 Å². The van der Waals surface area contributed by atoms with Crippen LogP contribution in [-0.2, 0) is 23.2 Å². The first kappa shape index (κ1) is 23.0. The Hall–Kier alpha value is -2.75. The Morgan fingerprint density at radius 1 is 1.21 bits per heavy atom. The highest BCUT2D eigenvalue weighted by Crippen LogP contribution is 2.42. The molecule has 10 heteroatoms. The van der Waals surface area contributed by atoms with Crippen molar-refractivity contribution in [1.82, 2.24) is 35.0 Å². The van der Waals surface area contributed by atoms with Gasteiger partial charge in [-0.3, -0.25) is 14.3 Å². The number of rotatable bonds is 7. The molecule has 0 unspecified atom stereocenters. The molecule has 5 rings (SSSR count). The average molecular weight is 470 g/mol. The van der Waals surface area contributed by atoms with E-state index < -0.39 is 23.6 Å². The molecule has 34 heavy (non-hydrogen) atoms. The Morgan fingerprint density at radius 2 is 1.91 bits per heavy atom. The van der Waals surface area contributed by atoms with Crippen LogP contribution in [0, 0.1) is 5.41 Å². The summed E-state index contributed by atoms with van der Waals surface area (Å²) >= 11 is 0. The number of amides is 2. The molecule has 2 saturated carbocycles. The summed E-state index contributed by atoms with van der Waals surface area (Å²) in [5.41, 5.74) is 2.65. The minimum atomic E-state index is -0.739. The summed E-state index contributed by atoms with van der Waals surface area (Å²) in [5.74, 6) is 0.500. The monoisotopic (exact) mass is 469 g/mol. The fourth-order valence-electron chi connectivity index (χ4n) is 5.05. The number of aromatic nitrogens is 5. The highest BCUT2D eigenvalue weighted by Gasteiger charge is 2.45. The number of aryl methyl sites for hydroxylation is 1. The lowest BCUT2D eigenvalue weighted by atomic mass is 9.85. The normalized spacial score (nSPS) is 23.9. The summed E-state index contributed by atoms with van der Waals surface area (Å²) in [6.07, 6.45) is 7.76. The van der Waals surface area contributed by atoms with Crippen LogP contribution >= 0.6 is 0 Å². The summed E-state index contributed by atoms with van der Waals surface area (Å²) in [6, 6.07) is -1.34. The number of hydrogen-bond donors (Lipinski definition) is 2. The zero-order valence-corrected chi connectivity index (χ0v) is 20.4. The molecular formula is C24H35N7O3. The highest BCUT2D eigenvalue weighted by atomic mass is 16.3. The molecule has 0 radical (unpaired) electrons. The largest absolute Gasteiger partial charge is 0.391 e. The number of aliphatic hydroxyl groups is 1. The van der Waals surface area contributed by atoms with Crippen molar-refractivity contribution in [2.24, 2.45) is 12.5 Å². The van der Waals surface area contributed by atoms with Gasteiger partial charge in [-0.1, -0.05) is 26.0 Å². The van der Waals surface area contributed by atoms with Crippen molar-refractivity contribution in [3.8, 4) is 0 Å². The smallest absolute Gasteiger partial charge is 0.248 e. The van der Waals surface area contributed by atoms with E-state index in [0.29, 0.717) is 18.4 Å². The van der Waals surface area contributed by atoms with E-state index in [1.54, 1.807) is 9.36 Å². The second-order valence-electron chi connectivity index (χ2n) is 11.2. The Labute approximate surface area is 199 Å². The van der Waals surface area contributed by atoms with Gasteiger partial charge >= 0.3 is 0 Å². The number of aliphatic hydroxyl groups excluding tert-OH is 1. The van der Waals surface area contributed by atoms with Gasteiger partial charge in [0.05, 0.1) is 30.2 Å². The summed E-state index contributed by atoms with van der Waals surface area (Å²) in [5, 5.41) is 26.3. The number of carbonyl (C=O) groups excluding carboxylic acids is 2. The molecule has 1 saturated heterocycles. The topological polar surface area (TPSA) is 118 Å². The third kappa shape index (κ3) is 4.47. The molecule has 1 aliphatic heterocycles. The van der Waals surface area contributed by atoms with Crippen molar-refractivity contribution in [3.63, 3.8) is 0 Å². The van der Waals surface area contributed by atoms with Crippen LogP contribution in [0.4, 0.5) is 0 Å². The van der Waals surface area contributed by atoms with E-state index in [-0.39, 0.29) is 24.8 Å². The van der Waals surface area contributed by atoms with Crippen molar-refractivity contribution < 1.29 is 14.7 Å². The molecule has 10 nitrogen and oxygen atoms in total. The van der Waals surface area contributed by atoms with Gasteiger partial charge in [0.1, 0.15) is 12.1 Å². The number of β-amino-alcohol motifs (C(OH)–C–C–N with tert-alkyl or cyclic N) is 1. The van der Waals surface area contributed by atoms with Gasteiger partial charge in [-0.2, -0.15) is 5.10 Å². The van der Waals surface area contributed by atoms with E-state index in [0.717, 1.165) is 37.1 Å². The Bertz CT molecular complexity index is 1080. The lowest BCUT2D eigenvalue weighted by molar-refractivity contribution is -0.144. The Morgan fingerprint density at radius 3 is 2.56 bits per heavy atom. The molecular weight excluding hydrogens is 434 g/mol. The molecule has 0 bridgehead atoms. The predicted octanol–water partition coefficient (Wildman–Crippen LogP) is 1.63. The SMILES string of the molecule is Cn1ncc(C2CC2)c1CNC(=O)[C@@H]1C[C@@H](O)CN1C(=O)[C@@H](n1cc(C2CC2)nn1)C(C)(C)C. The van der Waals surface area contributed by atoms with Crippen molar-refractivity contribution in [1.29, 1.82) is 0 Å². The van der Waals surface area contributed by atoms with Crippen LogP contribution in [0.2, 0.25) is 0 Å². The van der Waals surface area contributed by atoms with Crippen LogP contribution in [-0.4, -0.2) is 65.3 Å². The lowest BCUT2D eigenvalue weighted by Crippen LogP contribution is -2.50. The molecule has 0 spiro atoms. The van der Waals surface area contributed by atoms with Crippen LogP contribution in [0.1, 0.15) is 87.7 Å². The Balaban J connectivity index is 1.33. The van der Waals surface area contributed by atoms with Gasteiger partial charge in [0.2, 0.25) is 11.8 Å². The zero-order valence-electron chi connectivity index (χ0n) is 20.4. The van der Waals surface area contributed by atoms with Crippen LogP contribution in [0.25, 0.3) is 0 Å². The van der Waals surface area contributed by atoms with Gasteiger partial charge in [-0.25, -0.2) is 4.68 Å². The van der Waals surface area contributed by atoms with E-state index in [9.17, 15) is 14.7 Å². The number of likely N-dealkylation sites (tertiary alicyclic amines) is 1. The molecule has 2 aromatic heterocycles. The van der Waals surface area contributed by atoms with E-state index in [1.165, 1.54) is 10.5 Å². The summed E-state index contributed by atoms with van der Waals surface area (Å²) in [4.78, 5) is 28.6. The molecule has 2 amide bonds. The Kier molecular flexibility index (Phi) is 5.74. The van der Waals surface area contributed by atoms with Crippen LogP contribution < -0.4 is 5.32 Å². The molecule has 3 atom stereocenters. The van der Waals surface area contributed by atoms with Gasteiger partial charge in [0, 0.05) is 32.1 Å². The first-order valence-electron chi connectivity index (χ1n) is 12.3. The summed E-state index contributed by atoms with van der Waals surface area (Å²) in [7, 11) is 1.88. The van der Waals surface area contributed by atoms with Gasteiger partial charge in [0.25, 0.3) is 0 Å². The highest BCUT2D eigenvalue weighted by molar-refractivity contribution is 5.90. The molecule has 3 fully saturated rings. The second kappa shape index (κ2) is 8.48. The average Bonchev–Trinajstić information content (AvgIpc) is 3.68. The number of hydrogen-bond acceptors (Lipinski definition) is 6. The van der Waals surface area contributed by atoms with Crippen molar-refractivity contribution in [2.75, 3.05) is 6.54 Å². The summed E-state index contributed by atoms with van der Waals surface area (Å²) in [6.45, 7) is 6.44. The number of nitrogens with one attached hydrogen (secondary N) is 1. The van der Waals surface area contributed by atoms with Gasteiger partial charge in [0.15, 0.2) is 0 Å². The molecule has 2 aliphatic carbocycles. The maximum absolute atomic E-state index is 13.8. The quantitative estimate of drug-likeness (QED) is 0.636. The maximum atomic E-state index is 13.8. The lowest BCUT2D eigenvalue weighted by Gasteiger charge is -2.34. The fourth-order valence-corrected chi connectivity index (χ4v) is 5.05. The second-order valence-corrected chi connectivity index (χ2v) is 11.2. The molecule has 2 aromatic rings. The van der Waals surface area contributed by atoms with Crippen molar-refractivity contribution in [3.05, 3.63) is 29.3 Å². The number of carbonyl (C=O) groups is 2. The van der Waals surface area contributed by atoms with Gasteiger partial charge in [-0.05, 0) is 42.6 Å². The molecule has 184 valence electrons. The van der Waals surface area contributed by atoms with Gasteiger partial charge in [-0.15, -0.1) is 5.10 Å². The first-order chi connectivity index (χ1) is 16.1.